The van der Waals surface area contributed by atoms with Crippen LogP contribution < -0.4 is 0 Å². The van der Waals surface area contributed by atoms with Gasteiger partial charge in [-0.3, -0.25) is 9.69 Å². The standard InChI is InChI=1S/C12H23NO2/c1-9(2)10-6-13(7-10)8-11(14)15-12(3,4)5/h9-10H,6-8H2,1-5H3. The second-order valence-corrected chi connectivity index (χ2v) is 5.78. The van der Waals surface area contributed by atoms with Crippen LogP contribution in [-0.2, 0) is 9.53 Å². The Morgan fingerprint density at radius 2 is 1.93 bits per heavy atom. The summed E-state index contributed by atoms with van der Waals surface area (Å²) in [5.41, 5.74) is -0.362. The quantitative estimate of drug-likeness (QED) is 0.671. The SMILES string of the molecule is CC(C)C1CN(CC(=O)OC(C)(C)C)C1. The molecule has 1 aliphatic rings. The molecule has 0 aromatic carbocycles. The molecule has 3 nitrogen and oxygen atoms in total. The zero-order valence-corrected chi connectivity index (χ0v) is 10.5. The smallest absolute Gasteiger partial charge is 0.320 e. The van der Waals surface area contributed by atoms with Gasteiger partial charge in [0.2, 0.25) is 0 Å². The van der Waals surface area contributed by atoms with E-state index in [0.29, 0.717) is 6.54 Å². The lowest BCUT2D eigenvalue weighted by atomic mass is 9.88. The molecule has 1 fully saturated rings. The first-order chi connectivity index (χ1) is 6.78. The van der Waals surface area contributed by atoms with E-state index < -0.39 is 0 Å². The Morgan fingerprint density at radius 3 is 2.33 bits per heavy atom. The molecule has 0 aliphatic carbocycles. The molecular formula is C12H23NO2. The summed E-state index contributed by atoms with van der Waals surface area (Å²) in [5, 5.41) is 0. The second-order valence-electron chi connectivity index (χ2n) is 5.78. The van der Waals surface area contributed by atoms with Crippen LogP contribution in [0.4, 0.5) is 0 Å². The number of hydrogen-bond acceptors (Lipinski definition) is 3. The van der Waals surface area contributed by atoms with Crippen molar-refractivity contribution in [1.29, 1.82) is 0 Å². The first-order valence-electron chi connectivity index (χ1n) is 5.72. The van der Waals surface area contributed by atoms with E-state index in [0.717, 1.165) is 24.9 Å². The number of rotatable bonds is 3. The van der Waals surface area contributed by atoms with Gasteiger partial charge in [0.1, 0.15) is 5.60 Å². The van der Waals surface area contributed by atoms with Crippen LogP contribution in [0.3, 0.4) is 0 Å². The van der Waals surface area contributed by atoms with Crippen molar-refractivity contribution >= 4 is 5.97 Å². The first kappa shape index (κ1) is 12.5. The monoisotopic (exact) mass is 213 g/mol. The number of likely N-dealkylation sites (tertiary alicyclic amines) is 1. The Hall–Kier alpha value is -0.570. The van der Waals surface area contributed by atoms with Crippen molar-refractivity contribution < 1.29 is 9.53 Å². The molecule has 0 amide bonds. The maximum absolute atomic E-state index is 11.5. The molecule has 0 unspecified atom stereocenters. The Balaban J connectivity index is 2.19. The highest BCUT2D eigenvalue weighted by molar-refractivity contribution is 5.72. The van der Waals surface area contributed by atoms with E-state index >= 15 is 0 Å². The number of hydrogen-bond donors (Lipinski definition) is 0. The van der Waals surface area contributed by atoms with Gasteiger partial charge in [-0.2, -0.15) is 0 Å². The van der Waals surface area contributed by atoms with Gasteiger partial charge in [-0.15, -0.1) is 0 Å². The molecule has 0 aromatic heterocycles. The fraction of sp³-hybridized carbons (Fsp3) is 0.917. The molecule has 1 rings (SSSR count). The first-order valence-corrected chi connectivity index (χ1v) is 5.72. The predicted molar refractivity (Wildman–Crippen MR) is 60.6 cm³/mol. The van der Waals surface area contributed by atoms with Crippen molar-refractivity contribution in [2.75, 3.05) is 19.6 Å². The minimum atomic E-state index is -0.362. The normalized spacial score (nSPS) is 19.1. The van der Waals surface area contributed by atoms with E-state index in [4.69, 9.17) is 4.74 Å². The summed E-state index contributed by atoms with van der Waals surface area (Å²) in [6.45, 7) is 12.7. The molecule has 1 heterocycles. The van der Waals surface area contributed by atoms with Crippen molar-refractivity contribution in [1.82, 2.24) is 4.90 Å². The number of nitrogens with zero attached hydrogens (tertiary/aromatic N) is 1. The molecule has 0 saturated carbocycles. The van der Waals surface area contributed by atoms with Gasteiger partial charge >= 0.3 is 5.97 Å². The summed E-state index contributed by atoms with van der Waals surface area (Å²) in [5.74, 6) is 1.37. The average molecular weight is 213 g/mol. The minimum absolute atomic E-state index is 0.107. The summed E-state index contributed by atoms with van der Waals surface area (Å²) in [6, 6.07) is 0. The summed E-state index contributed by atoms with van der Waals surface area (Å²) in [4.78, 5) is 13.6. The molecule has 1 aliphatic heterocycles. The minimum Gasteiger partial charge on any atom is -0.459 e. The molecule has 0 atom stereocenters. The average Bonchev–Trinajstić information content (AvgIpc) is 1.91. The molecule has 0 N–H and O–H groups in total. The van der Waals surface area contributed by atoms with Crippen molar-refractivity contribution in [3.05, 3.63) is 0 Å². The molecule has 15 heavy (non-hydrogen) atoms. The van der Waals surface area contributed by atoms with E-state index in [9.17, 15) is 4.79 Å². The summed E-state index contributed by atoms with van der Waals surface area (Å²) in [7, 11) is 0. The zero-order valence-electron chi connectivity index (χ0n) is 10.5. The molecule has 88 valence electrons. The van der Waals surface area contributed by atoms with Crippen LogP contribution in [0.1, 0.15) is 34.6 Å². The largest absolute Gasteiger partial charge is 0.459 e. The van der Waals surface area contributed by atoms with Crippen LogP contribution in [0, 0.1) is 11.8 Å². The number of esters is 1. The van der Waals surface area contributed by atoms with Gasteiger partial charge < -0.3 is 4.74 Å². The lowest BCUT2D eigenvalue weighted by molar-refractivity contribution is -0.158. The van der Waals surface area contributed by atoms with Gasteiger partial charge in [0.05, 0.1) is 6.54 Å². The van der Waals surface area contributed by atoms with E-state index in [1.807, 2.05) is 20.8 Å². The van der Waals surface area contributed by atoms with Gasteiger partial charge in [0.15, 0.2) is 0 Å². The summed E-state index contributed by atoms with van der Waals surface area (Å²) in [6.07, 6.45) is 0. The highest BCUT2D eigenvalue weighted by atomic mass is 16.6. The zero-order chi connectivity index (χ0) is 11.6. The molecule has 1 saturated heterocycles. The third-order valence-corrected chi connectivity index (χ3v) is 2.70. The number of carbonyl (C=O) groups is 1. The van der Waals surface area contributed by atoms with Crippen LogP contribution >= 0.6 is 0 Å². The highest BCUT2D eigenvalue weighted by Gasteiger charge is 2.31. The molecule has 0 radical (unpaired) electrons. The Kier molecular flexibility index (Phi) is 3.77. The number of ether oxygens (including phenoxy) is 1. The highest BCUT2D eigenvalue weighted by Crippen LogP contribution is 2.23. The fourth-order valence-electron chi connectivity index (χ4n) is 1.72. The fourth-order valence-corrected chi connectivity index (χ4v) is 1.72. The Morgan fingerprint density at radius 1 is 1.40 bits per heavy atom. The van der Waals surface area contributed by atoms with Gasteiger partial charge in [0.25, 0.3) is 0 Å². The Bertz CT molecular complexity index is 224. The third kappa shape index (κ3) is 4.20. The Labute approximate surface area is 92.8 Å². The van der Waals surface area contributed by atoms with E-state index in [-0.39, 0.29) is 11.6 Å². The topological polar surface area (TPSA) is 29.5 Å². The summed E-state index contributed by atoms with van der Waals surface area (Å²) < 4.78 is 5.26. The van der Waals surface area contributed by atoms with Crippen molar-refractivity contribution in [2.24, 2.45) is 11.8 Å². The maximum Gasteiger partial charge on any atom is 0.320 e. The van der Waals surface area contributed by atoms with Crippen LogP contribution in [-0.4, -0.2) is 36.1 Å². The van der Waals surface area contributed by atoms with E-state index in [1.54, 1.807) is 0 Å². The molecule has 0 spiro atoms. The number of carbonyl (C=O) groups excluding carboxylic acids is 1. The van der Waals surface area contributed by atoms with Crippen LogP contribution in [0.5, 0.6) is 0 Å². The second kappa shape index (κ2) is 4.52. The molecule has 0 bridgehead atoms. The maximum atomic E-state index is 11.5. The predicted octanol–water partition coefficient (Wildman–Crippen LogP) is 1.92. The van der Waals surface area contributed by atoms with Crippen molar-refractivity contribution in [2.45, 2.75) is 40.2 Å². The summed E-state index contributed by atoms with van der Waals surface area (Å²) >= 11 is 0. The van der Waals surface area contributed by atoms with Crippen molar-refractivity contribution in [3.8, 4) is 0 Å². The van der Waals surface area contributed by atoms with Crippen LogP contribution in [0.15, 0.2) is 0 Å². The van der Waals surface area contributed by atoms with Gasteiger partial charge in [-0.1, -0.05) is 13.8 Å². The van der Waals surface area contributed by atoms with Crippen LogP contribution in [0.25, 0.3) is 0 Å². The molecular weight excluding hydrogens is 190 g/mol. The van der Waals surface area contributed by atoms with Gasteiger partial charge in [-0.25, -0.2) is 0 Å². The van der Waals surface area contributed by atoms with Crippen molar-refractivity contribution in [3.63, 3.8) is 0 Å². The van der Waals surface area contributed by atoms with Crippen LogP contribution in [0.2, 0.25) is 0 Å². The van der Waals surface area contributed by atoms with Gasteiger partial charge in [-0.05, 0) is 32.6 Å². The lowest BCUT2D eigenvalue weighted by Gasteiger charge is -2.41. The van der Waals surface area contributed by atoms with E-state index in [2.05, 4.69) is 18.7 Å². The van der Waals surface area contributed by atoms with Gasteiger partial charge in [0, 0.05) is 13.1 Å². The third-order valence-electron chi connectivity index (χ3n) is 2.70. The van der Waals surface area contributed by atoms with E-state index in [1.165, 1.54) is 0 Å². The molecule has 0 aromatic rings. The lowest BCUT2D eigenvalue weighted by Crippen LogP contribution is -2.51. The molecule has 3 heteroatoms.